The molecule has 1 atom stereocenters. The summed E-state index contributed by atoms with van der Waals surface area (Å²) in [6.07, 6.45) is 6.83. The monoisotopic (exact) mass is 423 g/mol. The predicted molar refractivity (Wildman–Crippen MR) is 117 cm³/mol. The normalized spacial score (nSPS) is 16.5. The number of hydrogen-bond donors (Lipinski definition) is 0. The van der Waals surface area contributed by atoms with Crippen molar-refractivity contribution in [1.29, 1.82) is 0 Å². The molecular formula is C22H25N5O2S. The molecule has 0 saturated carbocycles. The van der Waals surface area contributed by atoms with E-state index in [1.165, 1.54) is 18.2 Å². The molecule has 156 valence electrons. The lowest BCUT2D eigenvalue weighted by Gasteiger charge is -2.33. The summed E-state index contributed by atoms with van der Waals surface area (Å²) in [7, 11) is 1.64. The van der Waals surface area contributed by atoms with E-state index in [1.54, 1.807) is 19.5 Å². The topological polar surface area (TPSA) is 73.1 Å². The fraction of sp³-hybridized carbons (Fsp3) is 0.364. The number of aromatic nitrogens is 4. The third-order valence-corrected chi connectivity index (χ3v) is 6.25. The van der Waals surface area contributed by atoms with Gasteiger partial charge in [-0.25, -0.2) is 0 Å². The van der Waals surface area contributed by atoms with Crippen LogP contribution in [0.1, 0.15) is 26.2 Å². The average Bonchev–Trinajstić information content (AvgIpc) is 3.22. The summed E-state index contributed by atoms with van der Waals surface area (Å²) in [5, 5.41) is 9.48. The van der Waals surface area contributed by atoms with E-state index in [0.717, 1.165) is 36.4 Å². The molecule has 3 aromatic rings. The molecule has 1 saturated heterocycles. The Morgan fingerprint density at radius 3 is 2.73 bits per heavy atom. The number of methoxy groups -OCH3 is 1. The molecule has 7 nitrogen and oxygen atoms in total. The molecule has 1 amide bonds. The largest absolute Gasteiger partial charge is 0.497 e. The predicted octanol–water partition coefficient (Wildman–Crippen LogP) is 3.83. The molecule has 3 heterocycles. The number of carbonyl (C=O) groups excluding carboxylic acids is 1. The number of likely N-dealkylation sites (tertiary alicyclic amines) is 1. The van der Waals surface area contributed by atoms with Crippen LogP contribution in [0.4, 0.5) is 0 Å². The summed E-state index contributed by atoms with van der Waals surface area (Å²) >= 11 is 1.42. The van der Waals surface area contributed by atoms with Crippen LogP contribution in [-0.4, -0.2) is 56.0 Å². The summed E-state index contributed by atoms with van der Waals surface area (Å²) < 4.78 is 7.25. The molecule has 0 N–H and O–H groups in total. The molecule has 0 bridgehead atoms. The van der Waals surface area contributed by atoms with Gasteiger partial charge in [-0.3, -0.25) is 14.3 Å². The van der Waals surface area contributed by atoms with Crippen molar-refractivity contribution in [3.8, 4) is 22.8 Å². The van der Waals surface area contributed by atoms with Gasteiger partial charge in [0.05, 0.1) is 12.9 Å². The van der Waals surface area contributed by atoms with E-state index in [4.69, 9.17) is 4.74 Å². The molecule has 1 aliphatic heterocycles. The zero-order valence-corrected chi connectivity index (χ0v) is 18.0. The molecule has 0 spiro atoms. The Kier molecular flexibility index (Phi) is 6.32. The van der Waals surface area contributed by atoms with Crippen LogP contribution in [-0.2, 0) is 4.79 Å². The van der Waals surface area contributed by atoms with Crippen LogP contribution in [0.25, 0.3) is 17.1 Å². The quantitative estimate of drug-likeness (QED) is 0.561. The van der Waals surface area contributed by atoms with Gasteiger partial charge in [-0.2, -0.15) is 0 Å². The molecule has 4 rings (SSSR count). The SMILES string of the molecule is COc1ccc(-n2c(SCC(=O)N3CCCC[C@@H]3C)nnc2-c2cccnc2)cc1. The number of amides is 1. The van der Waals surface area contributed by atoms with Gasteiger partial charge < -0.3 is 9.64 Å². The smallest absolute Gasteiger partial charge is 0.233 e. The van der Waals surface area contributed by atoms with Crippen molar-refractivity contribution in [3.63, 3.8) is 0 Å². The molecule has 0 unspecified atom stereocenters. The van der Waals surface area contributed by atoms with Gasteiger partial charge in [0, 0.05) is 36.2 Å². The van der Waals surface area contributed by atoms with Crippen molar-refractivity contribution in [1.82, 2.24) is 24.6 Å². The molecule has 8 heteroatoms. The Morgan fingerprint density at radius 1 is 1.20 bits per heavy atom. The first kappa shape index (κ1) is 20.4. The van der Waals surface area contributed by atoms with Gasteiger partial charge in [-0.1, -0.05) is 11.8 Å². The number of rotatable bonds is 6. The third-order valence-electron chi connectivity index (χ3n) is 5.33. The van der Waals surface area contributed by atoms with Gasteiger partial charge in [-0.05, 0) is 62.6 Å². The minimum Gasteiger partial charge on any atom is -0.497 e. The molecule has 1 fully saturated rings. The second-order valence-corrected chi connectivity index (χ2v) is 8.24. The third kappa shape index (κ3) is 4.33. The van der Waals surface area contributed by atoms with Gasteiger partial charge in [0.25, 0.3) is 0 Å². The number of carbonyl (C=O) groups is 1. The molecule has 2 aromatic heterocycles. The average molecular weight is 424 g/mol. The van der Waals surface area contributed by atoms with Crippen LogP contribution < -0.4 is 4.74 Å². The zero-order valence-electron chi connectivity index (χ0n) is 17.2. The minimum absolute atomic E-state index is 0.152. The van der Waals surface area contributed by atoms with E-state index in [2.05, 4.69) is 22.1 Å². The van der Waals surface area contributed by atoms with Crippen molar-refractivity contribution >= 4 is 17.7 Å². The Bertz CT molecular complexity index is 991. The van der Waals surface area contributed by atoms with Crippen molar-refractivity contribution in [2.24, 2.45) is 0 Å². The van der Waals surface area contributed by atoms with Crippen molar-refractivity contribution in [2.45, 2.75) is 37.4 Å². The highest BCUT2D eigenvalue weighted by molar-refractivity contribution is 7.99. The number of hydrogen-bond acceptors (Lipinski definition) is 6. The maximum absolute atomic E-state index is 12.8. The van der Waals surface area contributed by atoms with Crippen LogP contribution in [0.15, 0.2) is 53.9 Å². The summed E-state index contributed by atoms with van der Waals surface area (Å²) in [4.78, 5) is 19.0. The van der Waals surface area contributed by atoms with E-state index in [1.807, 2.05) is 45.9 Å². The van der Waals surface area contributed by atoms with Crippen molar-refractivity contribution < 1.29 is 9.53 Å². The van der Waals surface area contributed by atoms with Crippen LogP contribution in [0.5, 0.6) is 5.75 Å². The van der Waals surface area contributed by atoms with Gasteiger partial charge in [0.15, 0.2) is 11.0 Å². The molecular weight excluding hydrogens is 398 g/mol. The van der Waals surface area contributed by atoms with Crippen molar-refractivity contribution in [3.05, 3.63) is 48.8 Å². The fourth-order valence-corrected chi connectivity index (χ4v) is 4.53. The van der Waals surface area contributed by atoms with Gasteiger partial charge in [-0.15, -0.1) is 10.2 Å². The first-order chi connectivity index (χ1) is 14.7. The van der Waals surface area contributed by atoms with E-state index < -0.39 is 0 Å². The number of piperidine rings is 1. The van der Waals surface area contributed by atoms with E-state index in [0.29, 0.717) is 22.8 Å². The Hall–Kier alpha value is -2.87. The maximum atomic E-state index is 12.8. The first-order valence-corrected chi connectivity index (χ1v) is 11.1. The lowest BCUT2D eigenvalue weighted by molar-refractivity contribution is -0.131. The number of benzene rings is 1. The molecule has 1 aromatic carbocycles. The lowest BCUT2D eigenvalue weighted by atomic mass is 10.0. The Morgan fingerprint density at radius 2 is 2.03 bits per heavy atom. The first-order valence-electron chi connectivity index (χ1n) is 10.1. The number of ether oxygens (including phenoxy) is 1. The molecule has 1 aliphatic rings. The highest BCUT2D eigenvalue weighted by Gasteiger charge is 2.24. The van der Waals surface area contributed by atoms with Crippen molar-refractivity contribution in [2.75, 3.05) is 19.4 Å². The van der Waals surface area contributed by atoms with E-state index in [9.17, 15) is 4.79 Å². The van der Waals surface area contributed by atoms with Crippen LogP contribution >= 0.6 is 11.8 Å². The van der Waals surface area contributed by atoms with Crippen LogP contribution in [0.2, 0.25) is 0 Å². The number of thioether (sulfide) groups is 1. The molecule has 0 radical (unpaired) electrons. The number of nitrogens with zero attached hydrogens (tertiary/aromatic N) is 5. The highest BCUT2D eigenvalue weighted by Crippen LogP contribution is 2.29. The fourth-order valence-electron chi connectivity index (χ4n) is 3.69. The Labute approximate surface area is 180 Å². The second kappa shape index (κ2) is 9.30. The molecule has 30 heavy (non-hydrogen) atoms. The van der Waals surface area contributed by atoms with E-state index in [-0.39, 0.29) is 5.91 Å². The summed E-state index contributed by atoms with van der Waals surface area (Å²) in [5.41, 5.74) is 1.77. The zero-order chi connectivity index (χ0) is 20.9. The summed E-state index contributed by atoms with van der Waals surface area (Å²) in [6.45, 7) is 2.97. The van der Waals surface area contributed by atoms with Crippen LogP contribution in [0.3, 0.4) is 0 Å². The number of pyridine rings is 1. The van der Waals surface area contributed by atoms with Gasteiger partial charge >= 0.3 is 0 Å². The van der Waals surface area contributed by atoms with Crippen LogP contribution in [0, 0.1) is 0 Å². The standard InChI is InChI=1S/C22H25N5O2S/c1-16-6-3-4-13-26(16)20(28)15-30-22-25-24-21(17-7-5-12-23-14-17)27(22)18-8-10-19(29-2)11-9-18/h5,7-12,14,16H,3-4,6,13,15H2,1-2H3/t16-/m0/s1. The Balaban J connectivity index is 1.62. The highest BCUT2D eigenvalue weighted by atomic mass is 32.2. The van der Waals surface area contributed by atoms with Gasteiger partial charge in [0.1, 0.15) is 5.75 Å². The maximum Gasteiger partial charge on any atom is 0.233 e. The summed E-state index contributed by atoms with van der Waals surface area (Å²) in [6, 6.07) is 11.8. The van der Waals surface area contributed by atoms with E-state index >= 15 is 0 Å². The second-order valence-electron chi connectivity index (χ2n) is 7.30. The molecule has 0 aliphatic carbocycles. The minimum atomic E-state index is 0.152. The van der Waals surface area contributed by atoms with Gasteiger partial charge in [0.2, 0.25) is 5.91 Å². The lowest BCUT2D eigenvalue weighted by Crippen LogP contribution is -2.42. The summed E-state index contributed by atoms with van der Waals surface area (Å²) in [5.74, 6) is 1.96.